The number of likely N-dealkylation sites (tertiary alicyclic amines) is 1. The van der Waals surface area contributed by atoms with Gasteiger partial charge in [-0.15, -0.1) is 12.6 Å². The highest BCUT2D eigenvalue weighted by Crippen LogP contribution is 2.29. The van der Waals surface area contributed by atoms with Crippen LogP contribution in [0.2, 0.25) is 0 Å². The number of H-pyrrole nitrogens is 1. The number of aromatic nitrogens is 1. The number of carbonyl (C=O) groups is 3. The number of amides is 3. The molecule has 0 unspecified atom stereocenters. The van der Waals surface area contributed by atoms with E-state index in [1.165, 1.54) is 11.1 Å². The molecule has 1 fully saturated rings. The number of carbonyl (C=O) groups excluding carboxylic acids is 3. The highest BCUT2D eigenvalue weighted by molar-refractivity contribution is 7.80. The molecular weight excluding hydrogens is 510 g/mol. The molecular formula is C30H25N5O3S. The summed E-state index contributed by atoms with van der Waals surface area (Å²) >= 11 is 4.24. The van der Waals surface area contributed by atoms with Gasteiger partial charge in [-0.3, -0.25) is 9.59 Å². The van der Waals surface area contributed by atoms with Crippen LogP contribution >= 0.6 is 12.6 Å². The van der Waals surface area contributed by atoms with Crippen molar-refractivity contribution < 1.29 is 14.4 Å². The molecule has 0 bridgehead atoms. The lowest BCUT2D eigenvalue weighted by Gasteiger charge is -2.28. The molecule has 1 aliphatic heterocycles. The number of piperidine rings is 1. The minimum absolute atomic E-state index is 0.242. The molecule has 0 spiro atoms. The summed E-state index contributed by atoms with van der Waals surface area (Å²) in [6, 6.07) is 23.5. The second kappa shape index (κ2) is 11.3. The summed E-state index contributed by atoms with van der Waals surface area (Å²) in [6.45, 7) is 0.725. The zero-order valence-corrected chi connectivity index (χ0v) is 21.8. The van der Waals surface area contributed by atoms with Gasteiger partial charge in [-0.05, 0) is 54.3 Å². The molecule has 1 aliphatic rings. The van der Waals surface area contributed by atoms with Crippen LogP contribution < -0.4 is 10.6 Å². The van der Waals surface area contributed by atoms with Gasteiger partial charge in [0.15, 0.2) is 0 Å². The van der Waals surface area contributed by atoms with Gasteiger partial charge in [-0.1, -0.05) is 42.5 Å². The van der Waals surface area contributed by atoms with E-state index >= 15 is 0 Å². The predicted molar refractivity (Wildman–Crippen MR) is 154 cm³/mol. The van der Waals surface area contributed by atoms with Crippen LogP contribution in [-0.2, 0) is 4.79 Å². The second-order valence-electron chi connectivity index (χ2n) is 9.13. The largest absolute Gasteiger partial charge is 0.359 e. The average Bonchev–Trinajstić information content (AvgIpc) is 3.40. The van der Waals surface area contributed by atoms with Gasteiger partial charge in [-0.2, -0.15) is 5.26 Å². The number of Topliss-reactive ketones (excluding diaryl/α,β-unsaturated/α-hetero) is 1. The fraction of sp³-hybridized carbons (Fsp3) is 0.133. The van der Waals surface area contributed by atoms with Crippen LogP contribution in [0, 0.1) is 11.3 Å². The van der Waals surface area contributed by atoms with E-state index in [1.54, 1.807) is 42.5 Å². The molecule has 0 saturated carbocycles. The van der Waals surface area contributed by atoms with E-state index in [-0.39, 0.29) is 5.56 Å². The van der Waals surface area contributed by atoms with Gasteiger partial charge in [-0.25, -0.2) is 4.79 Å². The number of nitrogens with zero attached hydrogens (tertiary/aromatic N) is 2. The van der Waals surface area contributed by atoms with Gasteiger partial charge in [0, 0.05) is 35.3 Å². The van der Waals surface area contributed by atoms with Crippen LogP contribution in [0.4, 0.5) is 16.2 Å². The van der Waals surface area contributed by atoms with Crippen molar-refractivity contribution in [3.63, 3.8) is 0 Å². The van der Waals surface area contributed by atoms with Gasteiger partial charge in [0.25, 0.3) is 11.7 Å². The highest BCUT2D eigenvalue weighted by Gasteiger charge is 2.29. The second-order valence-corrected chi connectivity index (χ2v) is 9.65. The molecule has 3 amide bonds. The molecule has 4 aromatic rings. The number of nitriles is 1. The number of urea groups is 1. The third kappa shape index (κ3) is 5.56. The Morgan fingerprint density at radius 3 is 2.31 bits per heavy atom. The van der Waals surface area contributed by atoms with Gasteiger partial charge >= 0.3 is 6.03 Å². The van der Waals surface area contributed by atoms with E-state index in [0.717, 1.165) is 16.0 Å². The van der Waals surface area contributed by atoms with Crippen LogP contribution in [0.3, 0.4) is 0 Å². The van der Waals surface area contributed by atoms with Crippen molar-refractivity contribution in [3.05, 3.63) is 95.7 Å². The van der Waals surface area contributed by atoms with Crippen molar-refractivity contribution in [2.75, 3.05) is 23.7 Å². The van der Waals surface area contributed by atoms with E-state index in [0.29, 0.717) is 53.8 Å². The molecule has 3 N–H and O–H groups in total. The number of hydrogen-bond acceptors (Lipinski definition) is 5. The van der Waals surface area contributed by atoms with Crippen LogP contribution in [0.1, 0.15) is 28.8 Å². The highest BCUT2D eigenvalue weighted by atomic mass is 32.1. The van der Waals surface area contributed by atoms with Crippen molar-refractivity contribution in [2.24, 2.45) is 0 Å². The number of anilines is 2. The zero-order chi connectivity index (χ0) is 27.4. The molecule has 8 nitrogen and oxygen atoms in total. The van der Waals surface area contributed by atoms with Crippen LogP contribution in [0.5, 0.6) is 0 Å². The minimum atomic E-state index is -0.620. The summed E-state index contributed by atoms with van der Waals surface area (Å²) in [5, 5.41) is 15.8. The standard InChI is InChI=1S/C30H25N5O3S/c31-17-24(19-5-2-1-3-6-19)20-13-15-35(16-14-20)29(37)28(36)25-18-32-27-23(25)7-4-8-26(27)34-30(38)33-21-9-11-22(39)12-10-21/h1-12,18,32,39H,13-16H2,(H2,33,34,38). The summed E-state index contributed by atoms with van der Waals surface area (Å²) in [7, 11) is 0. The van der Waals surface area contributed by atoms with Crippen molar-refractivity contribution in [3.8, 4) is 6.07 Å². The third-order valence-electron chi connectivity index (χ3n) is 6.71. The molecule has 3 aromatic carbocycles. The van der Waals surface area contributed by atoms with Gasteiger partial charge < -0.3 is 20.5 Å². The van der Waals surface area contributed by atoms with Crippen molar-refractivity contribution in [1.82, 2.24) is 9.88 Å². The number of aromatic amines is 1. The number of benzene rings is 3. The van der Waals surface area contributed by atoms with Crippen molar-refractivity contribution in [2.45, 2.75) is 17.7 Å². The first kappa shape index (κ1) is 25.8. The Hall–Kier alpha value is -4.81. The summed E-state index contributed by atoms with van der Waals surface area (Å²) in [4.78, 5) is 44.3. The zero-order valence-electron chi connectivity index (χ0n) is 20.9. The Balaban J connectivity index is 1.28. The number of nitrogens with one attached hydrogen (secondary N) is 3. The topological polar surface area (TPSA) is 118 Å². The summed E-state index contributed by atoms with van der Waals surface area (Å²) < 4.78 is 0. The molecule has 0 radical (unpaired) electrons. The van der Waals surface area contributed by atoms with Gasteiger partial charge in [0.05, 0.1) is 28.4 Å². The monoisotopic (exact) mass is 535 g/mol. The maximum absolute atomic E-state index is 13.2. The molecule has 1 aromatic heterocycles. The maximum Gasteiger partial charge on any atom is 0.323 e. The minimum Gasteiger partial charge on any atom is -0.359 e. The quantitative estimate of drug-likeness (QED) is 0.110. The van der Waals surface area contributed by atoms with E-state index in [2.05, 4.69) is 34.3 Å². The van der Waals surface area contributed by atoms with Gasteiger partial charge in [0.2, 0.25) is 0 Å². The molecule has 1 saturated heterocycles. The van der Waals surface area contributed by atoms with Crippen LogP contribution in [-0.4, -0.2) is 40.7 Å². The lowest BCUT2D eigenvalue weighted by Crippen LogP contribution is -2.40. The van der Waals surface area contributed by atoms with E-state index in [4.69, 9.17) is 0 Å². The lowest BCUT2D eigenvalue weighted by molar-refractivity contribution is -0.126. The Morgan fingerprint density at radius 1 is 0.897 bits per heavy atom. The Bertz CT molecular complexity index is 1620. The molecule has 9 heteroatoms. The normalized spacial score (nSPS) is 13.0. The first-order valence-electron chi connectivity index (χ1n) is 12.4. The Kier molecular flexibility index (Phi) is 7.48. The molecule has 0 atom stereocenters. The number of allylic oxidation sites excluding steroid dienone is 1. The van der Waals surface area contributed by atoms with Crippen molar-refractivity contribution in [1.29, 1.82) is 5.26 Å². The summed E-state index contributed by atoms with van der Waals surface area (Å²) in [5.74, 6) is -1.21. The fourth-order valence-corrected chi connectivity index (χ4v) is 4.87. The van der Waals surface area contributed by atoms with E-state index < -0.39 is 17.7 Å². The van der Waals surface area contributed by atoms with Gasteiger partial charge in [0.1, 0.15) is 0 Å². The number of hydrogen-bond donors (Lipinski definition) is 4. The van der Waals surface area contributed by atoms with E-state index in [9.17, 15) is 19.6 Å². The van der Waals surface area contributed by atoms with Crippen LogP contribution in [0.25, 0.3) is 16.5 Å². The lowest BCUT2D eigenvalue weighted by atomic mass is 9.93. The predicted octanol–water partition coefficient (Wildman–Crippen LogP) is 5.88. The Morgan fingerprint density at radius 2 is 1.62 bits per heavy atom. The molecule has 194 valence electrons. The number of fused-ring (bicyclic) bond motifs is 1. The smallest absolute Gasteiger partial charge is 0.323 e. The third-order valence-corrected chi connectivity index (χ3v) is 7.01. The molecule has 5 rings (SSSR count). The summed E-state index contributed by atoms with van der Waals surface area (Å²) in [5.41, 5.74) is 4.34. The van der Waals surface area contributed by atoms with Crippen molar-refractivity contribution >= 4 is 58.2 Å². The first-order chi connectivity index (χ1) is 18.9. The first-order valence-corrected chi connectivity index (χ1v) is 12.9. The average molecular weight is 536 g/mol. The fourth-order valence-electron chi connectivity index (χ4n) is 4.72. The van der Waals surface area contributed by atoms with Crippen LogP contribution in [0.15, 0.2) is 89.5 Å². The molecule has 0 aliphatic carbocycles. The molecule has 2 heterocycles. The number of para-hydroxylation sites is 1. The number of ketones is 1. The molecule has 39 heavy (non-hydrogen) atoms. The summed E-state index contributed by atoms with van der Waals surface area (Å²) in [6.07, 6.45) is 2.56. The number of thiol groups is 1. The number of rotatable bonds is 5. The maximum atomic E-state index is 13.2. The van der Waals surface area contributed by atoms with E-state index in [1.807, 2.05) is 30.3 Å². The Labute approximate surface area is 230 Å². The SMILES string of the molecule is N#CC(=C1CCN(C(=O)C(=O)c2c[nH]c3c(NC(=O)Nc4ccc(S)cc4)cccc23)CC1)c1ccccc1.